The Morgan fingerprint density at radius 3 is 2.50 bits per heavy atom. The van der Waals surface area contributed by atoms with Crippen LogP contribution in [0.4, 0.5) is 0 Å². The summed E-state index contributed by atoms with van der Waals surface area (Å²) in [6, 6.07) is 0. The first kappa shape index (κ1) is 11.4. The van der Waals surface area contributed by atoms with E-state index in [-0.39, 0.29) is 12.5 Å². The Morgan fingerprint density at radius 2 is 2.00 bits per heavy atom. The second-order valence-corrected chi connectivity index (χ2v) is 3.53. The topological polar surface area (TPSA) is 58.8 Å². The van der Waals surface area contributed by atoms with E-state index >= 15 is 0 Å². The first-order chi connectivity index (χ1) is 6.77. The average molecular weight is 201 g/mol. The van der Waals surface area contributed by atoms with Crippen LogP contribution < -0.4 is 5.90 Å². The molecule has 82 valence electrons. The molecule has 14 heavy (non-hydrogen) atoms. The van der Waals surface area contributed by atoms with Gasteiger partial charge in [0, 0.05) is 26.2 Å². The quantitative estimate of drug-likeness (QED) is 0.619. The minimum absolute atomic E-state index is 0.00617. The van der Waals surface area contributed by atoms with Gasteiger partial charge in [-0.1, -0.05) is 6.92 Å². The summed E-state index contributed by atoms with van der Waals surface area (Å²) < 4.78 is 0. The van der Waals surface area contributed by atoms with Crippen LogP contribution in [-0.2, 0) is 9.63 Å². The summed E-state index contributed by atoms with van der Waals surface area (Å²) in [4.78, 5) is 19.9. The number of piperazine rings is 1. The summed E-state index contributed by atoms with van der Waals surface area (Å²) in [5.74, 6) is 4.84. The van der Waals surface area contributed by atoms with Crippen LogP contribution in [0.25, 0.3) is 0 Å². The van der Waals surface area contributed by atoms with E-state index in [1.807, 2.05) is 0 Å². The monoisotopic (exact) mass is 201 g/mol. The van der Waals surface area contributed by atoms with Gasteiger partial charge in [-0.3, -0.25) is 14.5 Å². The maximum atomic E-state index is 11.4. The van der Waals surface area contributed by atoms with Gasteiger partial charge in [0.25, 0.3) is 5.91 Å². The second-order valence-electron chi connectivity index (χ2n) is 3.53. The Balaban J connectivity index is 2.24. The Labute approximate surface area is 84.7 Å². The van der Waals surface area contributed by atoms with E-state index in [1.165, 1.54) is 6.42 Å². The molecule has 1 amide bonds. The highest BCUT2D eigenvalue weighted by Gasteiger charge is 2.19. The third-order valence-electron chi connectivity index (χ3n) is 2.47. The molecule has 1 saturated heterocycles. The molecule has 1 heterocycles. The van der Waals surface area contributed by atoms with Gasteiger partial charge in [0.05, 0.1) is 0 Å². The smallest absolute Gasteiger partial charge is 0.250 e. The van der Waals surface area contributed by atoms with E-state index in [4.69, 9.17) is 5.90 Å². The van der Waals surface area contributed by atoms with Crippen LogP contribution in [0.5, 0.6) is 0 Å². The fourth-order valence-electron chi connectivity index (χ4n) is 1.70. The van der Waals surface area contributed by atoms with Gasteiger partial charge in [-0.25, -0.2) is 5.90 Å². The van der Waals surface area contributed by atoms with Crippen molar-refractivity contribution in [2.75, 3.05) is 39.3 Å². The summed E-state index contributed by atoms with van der Waals surface area (Å²) >= 11 is 0. The number of rotatable bonds is 4. The number of hydrogen-bond acceptors (Lipinski definition) is 4. The van der Waals surface area contributed by atoms with Crippen LogP contribution in [0.1, 0.15) is 13.3 Å². The van der Waals surface area contributed by atoms with Crippen molar-refractivity contribution in [1.29, 1.82) is 0 Å². The van der Waals surface area contributed by atoms with Gasteiger partial charge in [0.2, 0.25) is 0 Å². The third-order valence-corrected chi connectivity index (χ3v) is 2.47. The zero-order valence-corrected chi connectivity index (χ0v) is 8.74. The van der Waals surface area contributed by atoms with Crippen LogP contribution in [0.2, 0.25) is 0 Å². The molecule has 0 bridgehead atoms. The first-order valence-electron chi connectivity index (χ1n) is 5.09. The number of carbonyl (C=O) groups excluding carboxylic acids is 1. The predicted octanol–water partition coefficient (Wildman–Crippen LogP) is -0.569. The summed E-state index contributed by atoms with van der Waals surface area (Å²) in [6.45, 7) is 6.79. The van der Waals surface area contributed by atoms with Crippen LogP contribution in [0.15, 0.2) is 0 Å². The van der Waals surface area contributed by atoms with Gasteiger partial charge in [0.1, 0.15) is 6.61 Å². The van der Waals surface area contributed by atoms with E-state index in [2.05, 4.69) is 16.7 Å². The second kappa shape index (κ2) is 5.95. The van der Waals surface area contributed by atoms with Crippen LogP contribution >= 0.6 is 0 Å². The molecule has 5 heteroatoms. The number of nitrogens with zero attached hydrogens (tertiary/aromatic N) is 2. The summed E-state index contributed by atoms with van der Waals surface area (Å²) in [6.07, 6.45) is 1.17. The van der Waals surface area contributed by atoms with Crippen molar-refractivity contribution >= 4 is 5.91 Å². The van der Waals surface area contributed by atoms with Gasteiger partial charge in [-0.2, -0.15) is 0 Å². The molecule has 2 N–H and O–H groups in total. The molecule has 0 atom stereocenters. The van der Waals surface area contributed by atoms with Crippen molar-refractivity contribution in [2.45, 2.75) is 13.3 Å². The molecule has 0 spiro atoms. The summed E-state index contributed by atoms with van der Waals surface area (Å²) in [7, 11) is 0. The first-order valence-corrected chi connectivity index (χ1v) is 5.09. The standard InChI is InChI=1S/C9H19N3O2/c1-2-3-11-4-6-12(7-5-11)9(13)8-14-10/h2-8,10H2,1H3. The van der Waals surface area contributed by atoms with E-state index in [1.54, 1.807) is 4.90 Å². The Kier molecular flexibility index (Phi) is 4.86. The van der Waals surface area contributed by atoms with Crippen molar-refractivity contribution in [3.05, 3.63) is 0 Å². The van der Waals surface area contributed by atoms with Crippen molar-refractivity contribution in [3.63, 3.8) is 0 Å². The Bertz CT molecular complexity index is 179. The van der Waals surface area contributed by atoms with E-state index < -0.39 is 0 Å². The van der Waals surface area contributed by atoms with Crippen LogP contribution in [0.3, 0.4) is 0 Å². The Hall–Kier alpha value is -0.650. The van der Waals surface area contributed by atoms with Crippen molar-refractivity contribution in [2.24, 2.45) is 5.90 Å². The zero-order valence-electron chi connectivity index (χ0n) is 8.74. The molecule has 0 unspecified atom stereocenters. The van der Waals surface area contributed by atoms with Crippen LogP contribution in [-0.4, -0.2) is 55.0 Å². The maximum Gasteiger partial charge on any atom is 0.250 e. The Morgan fingerprint density at radius 1 is 1.36 bits per heavy atom. The van der Waals surface area contributed by atoms with Crippen molar-refractivity contribution in [3.8, 4) is 0 Å². The third kappa shape index (κ3) is 3.25. The van der Waals surface area contributed by atoms with E-state index in [0.29, 0.717) is 0 Å². The zero-order chi connectivity index (χ0) is 10.4. The molecule has 1 rings (SSSR count). The van der Waals surface area contributed by atoms with Crippen molar-refractivity contribution in [1.82, 2.24) is 9.80 Å². The lowest BCUT2D eigenvalue weighted by Gasteiger charge is -2.34. The number of nitrogens with two attached hydrogens (primary N) is 1. The molecule has 0 aliphatic carbocycles. The number of carbonyl (C=O) groups is 1. The number of hydrogen-bond donors (Lipinski definition) is 1. The number of amides is 1. The lowest BCUT2D eigenvalue weighted by molar-refractivity contribution is -0.138. The fraction of sp³-hybridized carbons (Fsp3) is 0.889. The molecule has 1 aliphatic heterocycles. The highest BCUT2D eigenvalue weighted by molar-refractivity contribution is 5.77. The highest BCUT2D eigenvalue weighted by Crippen LogP contribution is 2.02. The van der Waals surface area contributed by atoms with Gasteiger partial charge in [-0.05, 0) is 13.0 Å². The highest BCUT2D eigenvalue weighted by atomic mass is 16.6. The molecule has 0 aromatic heterocycles. The molecule has 0 radical (unpaired) electrons. The molecule has 0 aromatic carbocycles. The largest absolute Gasteiger partial charge is 0.338 e. The van der Waals surface area contributed by atoms with Crippen molar-refractivity contribution < 1.29 is 9.63 Å². The normalized spacial score (nSPS) is 18.6. The molecule has 0 saturated carbocycles. The predicted molar refractivity (Wildman–Crippen MR) is 53.5 cm³/mol. The minimum atomic E-state index is -0.0105. The fourth-order valence-corrected chi connectivity index (χ4v) is 1.70. The average Bonchev–Trinajstić information content (AvgIpc) is 2.20. The summed E-state index contributed by atoms with van der Waals surface area (Å²) in [5.41, 5.74) is 0. The lowest BCUT2D eigenvalue weighted by atomic mass is 10.3. The van der Waals surface area contributed by atoms with Gasteiger partial charge < -0.3 is 4.90 Å². The van der Waals surface area contributed by atoms with Gasteiger partial charge in [-0.15, -0.1) is 0 Å². The molecule has 0 aromatic rings. The molecule has 1 fully saturated rings. The van der Waals surface area contributed by atoms with Crippen LogP contribution in [0, 0.1) is 0 Å². The summed E-state index contributed by atoms with van der Waals surface area (Å²) in [5, 5.41) is 0. The lowest BCUT2D eigenvalue weighted by Crippen LogP contribution is -2.49. The van der Waals surface area contributed by atoms with E-state index in [0.717, 1.165) is 32.7 Å². The van der Waals surface area contributed by atoms with E-state index in [9.17, 15) is 4.79 Å². The maximum absolute atomic E-state index is 11.4. The van der Waals surface area contributed by atoms with Gasteiger partial charge >= 0.3 is 0 Å². The SMILES string of the molecule is CCCN1CCN(C(=O)CON)CC1. The molecular formula is C9H19N3O2. The molecular weight excluding hydrogens is 182 g/mol. The molecule has 5 nitrogen and oxygen atoms in total. The molecule has 1 aliphatic rings. The van der Waals surface area contributed by atoms with Gasteiger partial charge in [0.15, 0.2) is 0 Å². The minimum Gasteiger partial charge on any atom is -0.338 e.